The van der Waals surface area contributed by atoms with E-state index in [4.69, 9.17) is 9.47 Å². The highest BCUT2D eigenvalue weighted by Crippen LogP contribution is 2.27. The quantitative estimate of drug-likeness (QED) is 0.877. The van der Waals surface area contributed by atoms with Gasteiger partial charge >= 0.3 is 0 Å². The summed E-state index contributed by atoms with van der Waals surface area (Å²) in [5.41, 5.74) is 2.26. The summed E-state index contributed by atoms with van der Waals surface area (Å²) in [6, 6.07) is 12.5. The third-order valence-corrected chi connectivity index (χ3v) is 3.12. The van der Waals surface area contributed by atoms with E-state index in [2.05, 4.69) is 5.32 Å². The second kappa shape index (κ2) is 6.91. The number of rotatable bonds is 6. The Morgan fingerprint density at radius 2 is 1.45 bits per heavy atom. The van der Waals surface area contributed by atoms with E-state index in [0.29, 0.717) is 0 Å². The van der Waals surface area contributed by atoms with Crippen molar-refractivity contribution in [3.05, 3.63) is 59.4 Å². The summed E-state index contributed by atoms with van der Waals surface area (Å²) in [5, 5.41) is 2.16. The Morgan fingerprint density at radius 1 is 0.850 bits per heavy atom. The summed E-state index contributed by atoms with van der Waals surface area (Å²) in [7, 11) is 3.25. The number of hydrogen-bond acceptors (Lipinski definition) is 2. The van der Waals surface area contributed by atoms with E-state index in [0.717, 1.165) is 35.7 Å². The minimum absolute atomic E-state index is 0.200. The van der Waals surface area contributed by atoms with E-state index in [-0.39, 0.29) is 5.82 Å². The SMILES string of the molecule is COc1ccc(C[NH2+]Cc2ccc(F)cc2)cc1OC. The van der Waals surface area contributed by atoms with Gasteiger partial charge in [0.15, 0.2) is 11.5 Å². The second-order valence-corrected chi connectivity index (χ2v) is 4.51. The van der Waals surface area contributed by atoms with Crippen molar-refractivity contribution in [1.29, 1.82) is 0 Å². The number of hydrogen-bond donors (Lipinski definition) is 1. The molecular formula is C16H19FNO2+. The third-order valence-electron chi connectivity index (χ3n) is 3.12. The maximum absolute atomic E-state index is 12.8. The number of nitrogens with two attached hydrogens (primary N) is 1. The average molecular weight is 276 g/mol. The summed E-state index contributed by atoms with van der Waals surface area (Å²) in [6.45, 7) is 1.65. The molecule has 0 heterocycles. The van der Waals surface area contributed by atoms with Crippen LogP contribution in [-0.4, -0.2) is 14.2 Å². The lowest BCUT2D eigenvalue weighted by Gasteiger charge is -2.09. The van der Waals surface area contributed by atoms with Crippen molar-refractivity contribution in [2.24, 2.45) is 0 Å². The van der Waals surface area contributed by atoms with Crippen molar-refractivity contribution >= 4 is 0 Å². The summed E-state index contributed by atoms with van der Waals surface area (Å²) in [4.78, 5) is 0. The summed E-state index contributed by atoms with van der Waals surface area (Å²) in [5.74, 6) is 1.27. The van der Waals surface area contributed by atoms with E-state index in [1.165, 1.54) is 12.1 Å². The molecule has 0 saturated heterocycles. The van der Waals surface area contributed by atoms with Crippen LogP contribution in [0.4, 0.5) is 4.39 Å². The predicted molar refractivity (Wildman–Crippen MR) is 75.3 cm³/mol. The molecule has 20 heavy (non-hydrogen) atoms. The molecular weight excluding hydrogens is 257 g/mol. The van der Waals surface area contributed by atoms with Crippen molar-refractivity contribution in [3.8, 4) is 11.5 Å². The van der Waals surface area contributed by atoms with Gasteiger partial charge in [0.1, 0.15) is 18.9 Å². The van der Waals surface area contributed by atoms with Crippen LogP contribution < -0.4 is 14.8 Å². The van der Waals surface area contributed by atoms with Crippen LogP contribution >= 0.6 is 0 Å². The molecule has 2 aromatic carbocycles. The van der Waals surface area contributed by atoms with Crippen LogP contribution in [0.25, 0.3) is 0 Å². The van der Waals surface area contributed by atoms with E-state index in [9.17, 15) is 4.39 Å². The molecule has 2 N–H and O–H groups in total. The first-order valence-electron chi connectivity index (χ1n) is 6.50. The fourth-order valence-corrected chi connectivity index (χ4v) is 2.03. The number of methoxy groups -OCH3 is 2. The largest absolute Gasteiger partial charge is 0.493 e. The second-order valence-electron chi connectivity index (χ2n) is 4.51. The topological polar surface area (TPSA) is 35.1 Å². The smallest absolute Gasteiger partial charge is 0.161 e. The van der Waals surface area contributed by atoms with Crippen molar-refractivity contribution in [2.75, 3.05) is 14.2 Å². The van der Waals surface area contributed by atoms with Gasteiger partial charge in [0, 0.05) is 11.1 Å². The molecule has 0 unspecified atom stereocenters. The Morgan fingerprint density at radius 3 is 2.10 bits per heavy atom. The molecule has 0 saturated carbocycles. The van der Waals surface area contributed by atoms with Crippen LogP contribution in [0.2, 0.25) is 0 Å². The Balaban J connectivity index is 1.92. The Labute approximate surface area is 118 Å². The van der Waals surface area contributed by atoms with Gasteiger partial charge in [-0.25, -0.2) is 4.39 Å². The van der Waals surface area contributed by atoms with Gasteiger partial charge in [0.25, 0.3) is 0 Å². The first kappa shape index (κ1) is 14.3. The van der Waals surface area contributed by atoms with Crippen LogP contribution in [-0.2, 0) is 13.1 Å². The van der Waals surface area contributed by atoms with Gasteiger partial charge in [0.05, 0.1) is 14.2 Å². The molecule has 0 amide bonds. The van der Waals surface area contributed by atoms with Crippen LogP contribution in [0.15, 0.2) is 42.5 Å². The maximum Gasteiger partial charge on any atom is 0.161 e. The lowest BCUT2D eigenvalue weighted by atomic mass is 10.2. The fraction of sp³-hybridized carbons (Fsp3) is 0.250. The molecule has 2 aromatic rings. The normalized spacial score (nSPS) is 10.3. The predicted octanol–water partition coefficient (Wildman–Crippen LogP) is 2.11. The zero-order valence-electron chi connectivity index (χ0n) is 11.7. The molecule has 4 heteroatoms. The highest BCUT2D eigenvalue weighted by atomic mass is 19.1. The van der Waals surface area contributed by atoms with Gasteiger partial charge in [-0.3, -0.25) is 0 Å². The number of quaternary nitrogens is 1. The van der Waals surface area contributed by atoms with Gasteiger partial charge in [-0.05, 0) is 30.3 Å². The first-order valence-corrected chi connectivity index (χ1v) is 6.50. The van der Waals surface area contributed by atoms with Gasteiger partial charge in [0.2, 0.25) is 0 Å². The van der Waals surface area contributed by atoms with Crippen molar-refractivity contribution < 1.29 is 19.2 Å². The molecule has 2 rings (SSSR count). The lowest BCUT2D eigenvalue weighted by Crippen LogP contribution is -2.80. The molecule has 0 aliphatic carbocycles. The van der Waals surface area contributed by atoms with E-state index >= 15 is 0 Å². The Hall–Kier alpha value is -2.07. The number of halogens is 1. The van der Waals surface area contributed by atoms with Gasteiger partial charge < -0.3 is 14.8 Å². The van der Waals surface area contributed by atoms with Crippen molar-refractivity contribution in [2.45, 2.75) is 13.1 Å². The molecule has 3 nitrogen and oxygen atoms in total. The molecule has 0 radical (unpaired) electrons. The molecule has 0 fully saturated rings. The number of benzene rings is 2. The van der Waals surface area contributed by atoms with Crippen molar-refractivity contribution in [1.82, 2.24) is 0 Å². The van der Waals surface area contributed by atoms with E-state index in [1.54, 1.807) is 26.4 Å². The molecule has 0 aromatic heterocycles. The Bertz CT molecular complexity index is 555. The van der Waals surface area contributed by atoms with Crippen LogP contribution in [0.5, 0.6) is 11.5 Å². The molecule has 106 valence electrons. The van der Waals surface area contributed by atoms with Crippen LogP contribution in [0.1, 0.15) is 11.1 Å². The van der Waals surface area contributed by atoms with Crippen molar-refractivity contribution in [3.63, 3.8) is 0 Å². The fourth-order valence-electron chi connectivity index (χ4n) is 2.03. The van der Waals surface area contributed by atoms with Crippen LogP contribution in [0, 0.1) is 5.82 Å². The van der Waals surface area contributed by atoms with E-state index < -0.39 is 0 Å². The van der Waals surface area contributed by atoms with Gasteiger partial charge in [-0.2, -0.15) is 0 Å². The first-order chi connectivity index (χ1) is 9.72. The maximum atomic E-state index is 12.8. The molecule has 0 spiro atoms. The highest BCUT2D eigenvalue weighted by Gasteiger charge is 2.05. The minimum Gasteiger partial charge on any atom is -0.493 e. The zero-order chi connectivity index (χ0) is 14.4. The zero-order valence-corrected chi connectivity index (χ0v) is 11.7. The molecule has 0 bridgehead atoms. The van der Waals surface area contributed by atoms with Gasteiger partial charge in [-0.1, -0.05) is 12.1 Å². The summed E-state index contributed by atoms with van der Waals surface area (Å²) >= 11 is 0. The third kappa shape index (κ3) is 3.71. The van der Waals surface area contributed by atoms with Gasteiger partial charge in [-0.15, -0.1) is 0 Å². The minimum atomic E-state index is -0.200. The molecule has 0 aliphatic heterocycles. The summed E-state index contributed by atoms with van der Waals surface area (Å²) < 4.78 is 23.3. The highest BCUT2D eigenvalue weighted by molar-refractivity contribution is 5.42. The molecule has 0 atom stereocenters. The Kier molecular flexibility index (Phi) is 4.96. The molecule has 0 aliphatic rings. The monoisotopic (exact) mass is 276 g/mol. The average Bonchev–Trinajstić information content (AvgIpc) is 2.49. The van der Waals surface area contributed by atoms with Crippen LogP contribution in [0.3, 0.4) is 0 Å². The summed E-state index contributed by atoms with van der Waals surface area (Å²) in [6.07, 6.45) is 0. The lowest BCUT2D eigenvalue weighted by molar-refractivity contribution is -0.686. The standard InChI is InChI=1S/C16H18FNO2/c1-19-15-8-5-13(9-16(15)20-2)11-18-10-12-3-6-14(17)7-4-12/h3-9,18H,10-11H2,1-2H3/p+1. The van der Waals surface area contributed by atoms with E-state index in [1.807, 2.05) is 18.2 Å². The number of ether oxygens (including phenoxy) is 2.